The average Bonchev–Trinajstić information content (AvgIpc) is 1.61. The fraction of sp³-hybridized carbons (Fsp3) is 1.00. The van der Waals surface area contributed by atoms with Gasteiger partial charge in [0.2, 0.25) is 0 Å². The van der Waals surface area contributed by atoms with Crippen molar-refractivity contribution in [3.8, 4) is 0 Å². The molecule has 3 heteroatoms. The summed E-state index contributed by atoms with van der Waals surface area (Å²) in [6, 6.07) is 0. The van der Waals surface area contributed by atoms with E-state index in [0.29, 0.717) is 0 Å². The van der Waals surface area contributed by atoms with Crippen LogP contribution in [-0.4, -0.2) is 10.1 Å². The Morgan fingerprint density at radius 3 is 2.25 bits per heavy atom. The molecule has 0 aliphatic rings. The van der Waals surface area contributed by atoms with Crippen LogP contribution in [0.25, 0.3) is 0 Å². The van der Waals surface area contributed by atoms with Crippen molar-refractivity contribution in [3.05, 3.63) is 0 Å². The van der Waals surface area contributed by atoms with Crippen molar-refractivity contribution >= 4 is 15.9 Å². The van der Waals surface area contributed by atoms with Gasteiger partial charge >= 0.3 is 0 Å². The maximum Gasteiger partial charge on any atom is 0.109 e. The number of aliphatic hydroxyl groups excluding tert-OH is 1. The zero-order valence-electron chi connectivity index (χ0n) is 5.23. The van der Waals surface area contributed by atoms with Gasteiger partial charge in [0.15, 0.2) is 0 Å². The van der Waals surface area contributed by atoms with Crippen molar-refractivity contribution in [1.29, 1.82) is 0 Å². The smallest absolute Gasteiger partial charge is 0.109 e. The topological polar surface area (TPSA) is 55.2 Å². The molecule has 0 amide bonds. The standard InChI is InChI=1S/C5H11BrO.H3N/c1-2-3-4-5(6)7;/h5,7H,2-4H2,1H3;1H3. The lowest BCUT2D eigenvalue weighted by atomic mass is 10.3. The first-order valence-electron chi connectivity index (χ1n) is 2.59. The van der Waals surface area contributed by atoms with Crippen molar-refractivity contribution < 1.29 is 5.11 Å². The van der Waals surface area contributed by atoms with E-state index in [4.69, 9.17) is 5.11 Å². The van der Waals surface area contributed by atoms with Gasteiger partial charge in [-0.1, -0.05) is 35.7 Å². The summed E-state index contributed by atoms with van der Waals surface area (Å²) < 4.78 is 0. The minimum absolute atomic E-state index is 0. The lowest BCUT2D eigenvalue weighted by Gasteiger charge is -1.96. The summed E-state index contributed by atoms with van der Waals surface area (Å²) in [7, 11) is 0. The highest BCUT2D eigenvalue weighted by Gasteiger charge is 1.92. The molecule has 0 saturated heterocycles. The van der Waals surface area contributed by atoms with Crippen LogP contribution in [-0.2, 0) is 0 Å². The second-order valence-corrected chi connectivity index (χ2v) is 2.63. The lowest BCUT2D eigenvalue weighted by molar-refractivity contribution is 0.255. The van der Waals surface area contributed by atoms with Gasteiger partial charge in [0.05, 0.1) is 0 Å². The Morgan fingerprint density at radius 2 is 2.12 bits per heavy atom. The molecule has 0 heterocycles. The monoisotopic (exact) mass is 183 g/mol. The number of alkyl halides is 1. The Hall–Kier alpha value is 0.400. The highest BCUT2D eigenvalue weighted by atomic mass is 79.9. The average molecular weight is 184 g/mol. The van der Waals surface area contributed by atoms with Crippen LogP contribution in [0.15, 0.2) is 0 Å². The molecule has 0 aliphatic carbocycles. The van der Waals surface area contributed by atoms with Crippen LogP contribution in [0.1, 0.15) is 26.2 Å². The zero-order valence-corrected chi connectivity index (χ0v) is 6.82. The molecule has 52 valence electrons. The molecule has 2 nitrogen and oxygen atoms in total. The fourth-order valence-electron chi connectivity index (χ4n) is 0.373. The Bertz CT molecular complexity index is 41.4. The Kier molecular flexibility index (Phi) is 10.4. The van der Waals surface area contributed by atoms with Crippen LogP contribution in [0.5, 0.6) is 0 Å². The van der Waals surface area contributed by atoms with E-state index in [0.717, 1.165) is 19.3 Å². The third-order valence-electron chi connectivity index (χ3n) is 0.796. The molecule has 0 aliphatic heterocycles. The maximum atomic E-state index is 8.60. The van der Waals surface area contributed by atoms with Crippen molar-refractivity contribution in [3.63, 3.8) is 0 Å². The summed E-state index contributed by atoms with van der Waals surface area (Å²) in [6.07, 6.45) is 3.13. The van der Waals surface area contributed by atoms with E-state index >= 15 is 0 Å². The number of halogens is 1. The summed E-state index contributed by atoms with van der Waals surface area (Å²) in [6.45, 7) is 2.11. The van der Waals surface area contributed by atoms with E-state index < -0.39 is 0 Å². The number of hydrogen-bond acceptors (Lipinski definition) is 2. The second kappa shape index (κ2) is 7.40. The van der Waals surface area contributed by atoms with E-state index in [9.17, 15) is 0 Å². The molecule has 4 N–H and O–H groups in total. The highest BCUT2D eigenvalue weighted by molar-refractivity contribution is 9.09. The number of rotatable bonds is 3. The quantitative estimate of drug-likeness (QED) is 0.659. The van der Waals surface area contributed by atoms with Crippen LogP contribution in [0.4, 0.5) is 0 Å². The molecule has 0 rings (SSSR count). The zero-order chi connectivity index (χ0) is 5.70. The first kappa shape index (κ1) is 11.2. The minimum Gasteiger partial charge on any atom is -0.382 e. The third-order valence-corrected chi connectivity index (χ3v) is 1.25. The molecular weight excluding hydrogens is 170 g/mol. The Labute approximate surface area is 59.0 Å². The van der Waals surface area contributed by atoms with Crippen molar-refractivity contribution in [2.24, 2.45) is 0 Å². The summed E-state index contributed by atoms with van der Waals surface area (Å²) >= 11 is 3.03. The molecule has 8 heavy (non-hydrogen) atoms. The van der Waals surface area contributed by atoms with Gasteiger partial charge in [0.25, 0.3) is 0 Å². The highest BCUT2D eigenvalue weighted by Crippen LogP contribution is 2.04. The molecular formula is C5H14BrNO. The molecule has 0 spiro atoms. The SMILES string of the molecule is CCCCC(O)Br.N. The van der Waals surface area contributed by atoms with Gasteiger partial charge in [0.1, 0.15) is 5.01 Å². The molecule has 0 saturated carbocycles. The predicted octanol–water partition coefficient (Wildman–Crippen LogP) is 2.05. The van der Waals surface area contributed by atoms with E-state index in [1.165, 1.54) is 0 Å². The van der Waals surface area contributed by atoms with Gasteiger partial charge in [-0.15, -0.1) is 0 Å². The lowest BCUT2D eigenvalue weighted by Crippen LogP contribution is -1.92. The number of unbranched alkanes of at least 4 members (excludes halogenated alkanes) is 1. The van der Waals surface area contributed by atoms with Crippen LogP contribution >= 0.6 is 15.9 Å². The van der Waals surface area contributed by atoms with Crippen molar-refractivity contribution in [2.45, 2.75) is 31.2 Å². The predicted molar refractivity (Wildman–Crippen MR) is 39.5 cm³/mol. The fourth-order valence-corrected chi connectivity index (χ4v) is 0.696. The molecule has 1 atom stereocenters. The third kappa shape index (κ3) is 9.64. The first-order chi connectivity index (χ1) is 3.27. The van der Waals surface area contributed by atoms with E-state index in [2.05, 4.69) is 22.9 Å². The molecule has 0 fully saturated rings. The normalized spacial score (nSPS) is 12.4. The van der Waals surface area contributed by atoms with E-state index in [1.807, 2.05) is 0 Å². The van der Waals surface area contributed by atoms with Crippen molar-refractivity contribution in [2.75, 3.05) is 0 Å². The minimum atomic E-state index is -0.285. The molecule has 0 aromatic rings. The van der Waals surface area contributed by atoms with Crippen LogP contribution in [0.2, 0.25) is 0 Å². The number of aliphatic hydroxyl groups is 1. The van der Waals surface area contributed by atoms with Crippen LogP contribution < -0.4 is 6.15 Å². The molecule has 0 bridgehead atoms. The summed E-state index contributed by atoms with van der Waals surface area (Å²) in [5.74, 6) is 0. The van der Waals surface area contributed by atoms with E-state index in [-0.39, 0.29) is 11.2 Å². The largest absolute Gasteiger partial charge is 0.382 e. The molecule has 0 aromatic heterocycles. The molecule has 0 aromatic carbocycles. The van der Waals surface area contributed by atoms with Gasteiger partial charge in [-0.05, 0) is 6.42 Å². The molecule has 1 unspecified atom stereocenters. The Morgan fingerprint density at radius 1 is 1.62 bits per heavy atom. The van der Waals surface area contributed by atoms with Crippen molar-refractivity contribution in [1.82, 2.24) is 6.15 Å². The van der Waals surface area contributed by atoms with Gasteiger partial charge in [0, 0.05) is 0 Å². The first-order valence-corrected chi connectivity index (χ1v) is 3.51. The molecule has 0 radical (unpaired) electrons. The summed E-state index contributed by atoms with van der Waals surface area (Å²) in [5, 5.41) is 8.32. The van der Waals surface area contributed by atoms with Crippen LogP contribution in [0, 0.1) is 0 Å². The summed E-state index contributed by atoms with van der Waals surface area (Å²) in [4.78, 5) is 0. The van der Waals surface area contributed by atoms with E-state index in [1.54, 1.807) is 0 Å². The maximum absolute atomic E-state index is 8.60. The van der Waals surface area contributed by atoms with Gasteiger partial charge in [-0.3, -0.25) is 0 Å². The second-order valence-electron chi connectivity index (χ2n) is 1.58. The number of hydrogen-bond donors (Lipinski definition) is 2. The van der Waals surface area contributed by atoms with Crippen LogP contribution in [0.3, 0.4) is 0 Å². The Balaban J connectivity index is 0. The van der Waals surface area contributed by atoms with Gasteiger partial charge < -0.3 is 11.3 Å². The summed E-state index contributed by atoms with van der Waals surface area (Å²) in [5.41, 5.74) is 0. The van der Waals surface area contributed by atoms with Gasteiger partial charge in [-0.25, -0.2) is 0 Å². The van der Waals surface area contributed by atoms with Gasteiger partial charge in [-0.2, -0.15) is 0 Å².